The number of halogens is 1. The fraction of sp³-hybridized carbons (Fsp3) is 0.273. The standard InChI is InChI=1S/C22H20ClNO7S/c1-29-15-4-6-17-14(10-21(25)31-20(17)11-15)13-30-22(26)18-12-16(5-7-19(18)23)32(27,28)24-8-2-3-9-24/h4-7,10-12H,2-3,8-9,13H2,1H3. The number of ether oxygens (including phenoxy) is 2. The van der Waals surface area contributed by atoms with Gasteiger partial charge in [-0.05, 0) is 43.2 Å². The summed E-state index contributed by atoms with van der Waals surface area (Å²) in [5.41, 5.74) is 0.0540. The SMILES string of the molecule is COc1ccc2c(COC(=O)c3cc(S(=O)(=O)N4CCCC4)ccc3Cl)cc(=O)oc2c1. The van der Waals surface area contributed by atoms with Crippen LogP contribution in [0.4, 0.5) is 0 Å². The van der Waals surface area contributed by atoms with E-state index in [-0.39, 0.29) is 22.1 Å². The number of hydrogen-bond acceptors (Lipinski definition) is 7. The molecule has 0 unspecified atom stereocenters. The number of benzene rings is 2. The average Bonchev–Trinajstić information content (AvgIpc) is 3.32. The van der Waals surface area contributed by atoms with Crippen LogP contribution in [0, 0.1) is 0 Å². The quantitative estimate of drug-likeness (QED) is 0.394. The summed E-state index contributed by atoms with van der Waals surface area (Å²) in [5.74, 6) is -0.291. The number of sulfonamides is 1. The Hall–Kier alpha value is -2.88. The van der Waals surface area contributed by atoms with Gasteiger partial charge in [0, 0.05) is 36.2 Å². The van der Waals surface area contributed by atoms with Crippen molar-refractivity contribution >= 4 is 38.6 Å². The molecule has 1 fully saturated rings. The van der Waals surface area contributed by atoms with Crippen molar-refractivity contribution in [3.8, 4) is 5.75 Å². The minimum atomic E-state index is -3.72. The topological polar surface area (TPSA) is 103 Å². The molecular weight excluding hydrogens is 458 g/mol. The third-order valence-corrected chi connectivity index (χ3v) is 7.48. The lowest BCUT2D eigenvalue weighted by Gasteiger charge is -2.16. The van der Waals surface area contributed by atoms with Crippen molar-refractivity contribution in [2.45, 2.75) is 24.3 Å². The number of carbonyl (C=O) groups is 1. The highest BCUT2D eigenvalue weighted by Crippen LogP contribution is 2.27. The minimum absolute atomic E-state index is 0.0198. The zero-order valence-electron chi connectivity index (χ0n) is 17.2. The zero-order chi connectivity index (χ0) is 22.9. The minimum Gasteiger partial charge on any atom is -0.497 e. The molecule has 3 aromatic rings. The molecule has 32 heavy (non-hydrogen) atoms. The second kappa shape index (κ2) is 8.93. The monoisotopic (exact) mass is 477 g/mol. The highest BCUT2D eigenvalue weighted by molar-refractivity contribution is 7.89. The molecule has 0 bridgehead atoms. The van der Waals surface area contributed by atoms with Crippen LogP contribution >= 0.6 is 11.6 Å². The second-order valence-electron chi connectivity index (χ2n) is 7.28. The average molecular weight is 478 g/mol. The van der Waals surface area contributed by atoms with Crippen molar-refractivity contribution in [2.75, 3.05) is 20.2 Å². The number of hydrogen-bond donors (Lipinski definition) is 0. The smallest absolute Gasteiger partial charge is 0.340 e. The van der Waals surface area contributed by atoms with E-state index in [1.54, 1.807) is 18.2 Å². The Morgan fingerprint density at radius 3 is 2.59 bits per heavy atom. The van der Waals surface area contributed by atoms with Gasteiger partial charge in [0.25, 0.3) is 0 Å². The Morgan fingerprint density at radius 1 is 1.12 bits per heavy atom. The van der Waals surface area contributed by atoms with Crippen molar-refractivity contribution in [3.63, 3.8) is 0 Å². The van der Waals surface area contributed by atoms with E-state index in [4.69, 9.17) is 25.5 Å². The van der Waals surface area contributed by atoms with Crippen LogP contribution in [0.3, 0.4) is 0 Å². The molecule has 8 nitrogen and oxygen atoms in total. The largest absolute Gasteiger partial charge is 0.497 e. The summed E-state index contributed by atoms with van der Waals surface area (Å²) in [6.07, 6.45) is 1.60. The van der Waals surface area contributed by atoms with Gasteiger partial charge < -0.3 is 13.9 Å². The number of esters is 1. The van der Waals surface area contributed by atoms with Crippen LogP contribution in [0.15, 0.2) is 56.6 Å². The normalized spacial score (nSPS) is 14.6. The number of methoxy groups -OCH3 is 1. The Labute approximate surface area is 189 Å². The summed E-state index contributed by atoms with van der Waals surface area (Å²) in [7, 11) is -2.23. The van der Waals surface area contributed by atoms with Crippen molar-refractivity contribution in [3.05, 3.63) is 69.0 Å². The molecule has 2 heterocycles. The first-order valence-corrected chi connectivity index (χ1v) is 11.7. The summed E-state index contributed by atoms with van der Waals surface area (Å²) < 4.78 is 42.7. The highest BCUT2D eigenvalue weighted by atomic mass is 35.5. The Kier molecular flexibility index (Phi) is 6.23. The molecule has 1 aromatic heterocycles. The second-order valence-corrected chi connectivity index (χ2v) is 9.63. The zero-order valence-corrected chi connectivity index (χ0v) is 18.7. The molecule has 1 aliphatic rings. The molecule has 1 aliphatic heterocycles. The number of rotatable bonds is 6. The summed E-state index contributed by atoms with van der Waals surface area (Å²) in [6, 6.07) is 10.1. The van der Waals surface area contributed by atoms with Gasteiger partial charge in [-0.25, -0.2) is 18.0 Å². The number of carbonyl (C=O) groups excluding carboxylic acids is 1. The Bertz CT molecular complexity index is 1340. The Balaban J connectivity index is 1.59. The van der Waals surface area contributed by atoms with Crippen molar-refractivity contribution < 1.29 is 27.1 Å². The first kappa shape index (κ1) is 22.3. The summed E-state index contributed by atoms with van der Waals surface area (Å²) in [6.45, 7) is 0.658. The van der Waals surface area contributed by atoms with Gasteiger partial charge in [0.1, 0.15) is 17.9 Å². The van der Waals surface area contributed by atoms with Crippen molar-refractivity contribution in [1.82, 2.24) is 4.31 Å². The molecular formula is C22H20ClNO7S. The number of nitrogens with zero attached hydrogens (tertiary/aromatic N) is 1. The van der Waals surface area contributed by atoms with Crippen LogP contribution < -0.4 is 10.4 Å². The van der Waals surface area contributed by atoms with Gasteiger partial charge in [-0.1, -0.05) is 11.6 Å². The van der Waals surface area contributed by atoms with E-state index in [2.05, 4.69) is 0 Å². The highest BCUT2D eigenvalue weighted by Gasteiger charge is 2.28. The first-order chi connectivity index (χ1) is 15.3. The fourth-order valence-electron chi connectivity index (χ4n) is 3.58. The van der Waals surface area contributed by atoms with E-state index < -0.39 is 21.6 Å². The van der Waals surface area contributed by atoms with Crippen LogP contribution in [0.2, 0.25) is 5.02 Å². The summed E-state index contributed by atoms with van der Waals surface area (Å²) in [5, 5.41) is 0.646. The summed E-state index contributed by atoms with van der Waals surface area (Å²) in [4.78, 5) is 24.6. The maximum Gasteiger partial charge on any atom is 0.340 e. The van der Waals surface area contributed by atoms with E-state index in [0.717, 1.165) is 12.8 Å². The molecule has 168 valence electrons. The molecule has 4 rings (SSSR count). The third-order valence-electron chi connectivity index (χ3n) is 5.26. The predicted molar refractivity (Wildman–Crippen MR) is 118 cm³/mol. The fourth-order valence-corrected chi connectivity index (χ4v) is 5.32. The molecule has 0 spiro atoms. The Morgan fingerprint density at radius 2 is 1.88 bits per heavy atom. The van der Waals surface area contributed by atoms with Crippen LogP contribution in [-0.4, -0.2) is 38.9 Å². The molecule has 0 radical (unpaired) electrons. The molecule has 10 heteroatoms. The van der Waals surface area contributed by atoms with Crippen LogP contribution in [0.25, 0.3) is 11.0 Å². The van der Waals surface area contributed by atoms with Gasteiger partial charge in [-0.3, -0.25) is 0 Å². The molecule has 0 N–H and O–H groups in total. The molecule has 0 amide bonds. The van der Waals surface area contributed by atoms with Gasteiger partial charge in [-0.2, -0.15) is 4.31 Å². The van der Waals surface area contributed by atoms with E-state index in [9.17, 15) is 18.0 Å². The predicted octanol–water partition coefficient (Wildman–Crippen LogP) is 3.60. The lowest BCUT2D eigenvalue weighted by Crippen LogP contribution is -2.28. The lowest BCUT2D eigenvalue weighted by atomic mass is 10.1. The van der Waals surface area contributed by atoms with Crippen LogP contribution in [0.1, 0.15) is 28.8 Å². The van der Waals surface area contributed by atoms with E-state index >= 15 is 0 Å². The number of fused-ring (bicyclic) bond motifs is 1. The van der Waals surface area contributed by atoms with Gasteiger partial charge in [0.05, 0.1) is 22.6 Å². The first-order valence-electron chi connectivity index (χ1n) is 9.87. The third kappa shape index (κ3) is 4.36. The van der Waals surface area contributed by atoms with E-state index in [1.165, 1.54) is 35.7 Å². The summed E-state index contributed by atoms with van der Waals surface area (Å²) >= 11 is 6.15. The maximum absolute atomic E-state index is 12.8. The molecule has 2 aromatic carbocycles. The molecule has 0 saturated carbocycles. The van der Waals surface area contributed by atoms with Crippen LogP contribution in [-0.2, 0) is 21.4 Å². The maximum atomic E-state index is 12.8. The van der Waals surface area contributed by atoms with Crippen molar-refractivity contribution in [2.24, 2.45) is 0 Å². The molecule has 0 atom stereocenters. The molecule has 1 saturated heterocycles. The van der Waals surface area contributed by atoms with Gasteiger partial charge in [0.15, 0.2) is 0 Å². The lowest BCUT2D eigenvalue weighted by molar-refractivity contribution is 0.0473. The van der Waals surface area contributed by atoms with Crippen molar-refractivity contribution in [1.29, 1.82) is 0 Å². The van der Waals surface area contributed by atoms with Crippen LogP contribution in [0.5, 0.6) is 5.75 Å². The van der Waals surface area contributed by atoms with E-state index in [0.29, 0.717) is 35.4 Å². The molecule has 0 aliphatic carbocycles. The van der Waals surface area contributed by atoms with Gasteiger partial charge in [-0.15, -0.1) is 0 Å². The van der Waals surface area contributed by atoms with Gasteiger partial charge in [0.2, 0.25) is 10.0 Å². The van der Waals surface area contributed by atoms with E-state index in [1.807, 2.05) is 0 Å². The van der Waals surface area contributed by atoms with Gasteiger partial charge >= 0.3 is 11.6 Å².